The minimum Gasteiger partial charge on any atom is -0.444 e. The van der Waals surface area contributed by atoms with E-state index in [1.807, 2.05) is 41.1 Å². The number of aromatic nitrogens is 5. The molecule has 0 saturated heterocycles. The number of hydrogen-bond acceptors (Lipinski definition) is 5. The molecule has 1 N–H and O–H groups in total. The summed E-state index contributed by atoms with van der Waals surface area (Å²) >= 11 is 1.71. The highest BCUT2D eigenvalue weighted by Crippen LogP contribution is 2.25. The van der Waals surface area contributed by atoms with E-state index in [4.69, 9.17) is 4.42 Å². The second kappa shape index (κ2) is 5.71. The monoisotopic (exact) mass is 347 g/mol. The summed E-state index contributed by atoms with van der Waals surface area (Å²) in [5.74, 6) is 1.26. The quantitative estimate of drug-likeness (QED) is 0.529. The first kappa shape index (κ1) is 14.2. The van der Waals surface area contributed by atoms with E-state index in [0.29, 0.717) is 24.0 Å². The van der Waals surface area contributed by atoms with E-state index in [-0.39, 0.29) is 0 Å². The smallest absolute Gasteiger partial charge is 0.226 e. The first-order valence-electron chi connectivity index (χ1n) is 7.82. The standard InChI is InChI=1S/C18H13N5OS/c1-2-5-12(6-3-1)18-21-15(11-24-18)16-20-14-9-19-23(17(14)22-16)10-13-7-4-8-25-13/h1-9,11H,10H2,(H,20,22). The van der Waals surface area contributed by atoms with Crippen LogP contribution in [0.1, 0.15) is 4.88 Å². The number of H-pyrrole nitrogens is 1. The number of aromatic amines is 1. The van der Waals surface area contributed by atoms with Crippen molar-refractivity contribution in [3.8, 4) is 23.0 Å². The lowest BCUT2D eigenvalue weighted by Crippen LogP contribution is -2.00. The molecule has 0 fully saturated rings. The van der Waals surface area contributed by atoms with Gasteiger partial charge in [-0.15, -0.1) is 11.3 Å². The Morgan fingerprint density at radius 1 is 1.08 bits per heavy atom. The molecule has 0 atom stereocenters. The zero-order valence-electron chi connectivity index (χ0n) is 13.1. The van der Waals surface area contributed by atoms with Gasteiger partial charge >= 0.3 is 0 Å². The Bertz CT molecular complexity index is 1120. The number of oxazole rings is 1. The molecule has 0 saturated carbocycles. The maximum atomic E-state index is 5.60. The van der Waals surface area contributed by atoms with Crippen LogP contribution in [-0.4, -0.2) is 24.7 Å². The molecule has 0 aliphatic carbocycles. The molecule has 0 aliphatic rings. The average molecular weight is 347 g/mol. The Morgan fingerprint density at radius 3 is 2.84 bits per heavy atom. The van der Waals surface area contributed by atoms with Crippen LogP contribution in [0.3, 0.4) is 0 Å². The SMILES string of the molecule is c1ccc(-c2nc(-c3nc4c(cnn4Cc4cccs4)[nH]3)co2)cc1. The summed E-state index contributed by atoms with van der Waals surface area (Å²) in [5.41, 5.74) is 3.31. The number of thiophene rings is 1. The molecule has 4 heterocycles. The molecule has 7 heteroatoms. The predicted molar refractivity (Wildman–Crippen MR) is 96.2 cm³/mol. The van der Waals surface area contributed by atoms with Gasteiger partial charge in [-0.05, 0) is 23.6 Å². The molecule has 122 valence electrons. The Hall–Kier alpha value is -3.19. The number of benzene rings is 1. The van der Waals surface area contributed by atoms with E-state index in [2.05, 4.69) is 31.5 Å². The number of hydrogen-bond donors (Lipinski definition) is 1. The molecule has 0 spiro atoms. The minimum absolute atomic E-state index is 0.580. The summed E-state index contributed by atoms with van der Waals surface area (Å²) in [5, 5.41) is 6.47. The average Bonchev–Trinajstić information content (AvgIpc) is 3.42. The summed E-state index contributed by atoms with van der Waals surface area (Å²) in [7, 11) is 0. The van der Waals surface area contributed by atoms with Gasteiger partial charge in [-0.1, -0.05) is 24.3 Å². The molecule has 0 unspecified atom stereocenters. The largest absolute Gasteiger partial charge is 0.444 e. The van der Waals surface area contributed by atoms with Gasteiger partial charge in [0.25, 0.3) is 0 Å². The van der Waals surface area contributed by atoms with Gasteiger partial charge in [-0.25, -0.2) is 14.6 Å². The minimum atomic E-state index is 0.580. The fourth-order valence-corrected chi connectivity index (χ4v) is 3.42. The Kier molecular flexibility index (Phi) is 3.24. The lowest BCUT2D eigenvalue weighted by Gasteiger charge is -1.97. The van der Waals surface area contributed by atoms with Crippen molar-refractivity contribution >= 4 is 22.5 Å². The van der Waals surface area contributed by atoms with Crippen molar-refractivity contribution in [1.82, 2.24) is 24.7 Å². The molecule has 4 aromatic heterocycles. The number of nitrogens with zero attached hydrogens (tertiary/aromatic N) is 4. The van der Waals surface area contributed by atoms with Crippen molar-refractivity contribution in [3.63, 3.8) is 0 Å². The molecule has 6 nitrogen and oxygen atoms in total. The van der Waals surface area contributed by atoms with Crippen molar-refractivity contribution < 1.29 is 4.42 Å². The molecule has 0 bridgehead atoms. The van der Waals surface area contributed by atoms with Crippen LogP contribution < -0.4 is 0 Å². The lowest BCUT2D eigenvalue weighted by atomic mass is 10.2. The zero-order valence-corrected chi connectivity index (χ0v) is 13.9. The van der Waals surface area contributed by atoms with Crippen molar-refractivity contribution in [2.75, 3.05) is 0 Å². The van der Waals surface area contributed by atoms with Gasteiger partial charge in [0.05, 0.1) is 12.7 Å². The Balaban J connectivity index is 1.49. The van der Waals surface area contributed by atoms with Crippen LogP contribution in [0.5, 0.6) is 0 Å². The molecule has 5 aromatic rings. The van der Waals surface area contributed by atoms with Crippen molar-refractivity contribution in [1.29, 1.82) is 0 Å². The number of rotatable bonds is 4. The van der Waals surface area contributed by atoms with Crippen LogP contribution in [0.25, 0.3) is 34.1 Å². The second-order valence-corrected chi connectivity index (χ2v) is 6.64. The topological polar surface area (TPSA) is 72.5 Å². The second-order valence-electron chi connectivity index (χ2n) is 5.61. The molecule has 5 rings (SSSR count). The molecule has 0 amide bonds. The maximum absolute atomic E-state index is 5.60. The normalized spacial score (nSPS) is 11.4. The highest BCUT2D eigenvalue weighted by atomic mass is 32.1. The fourth-order valence-electron chi connectivity index (χ4n) is 2.73. The Morgan fingerprint density at radius 2 is 2.00 bits per heavy atom. The van der Waals surface area contributed by atoms with E-state index < -0.39 is 0 Å². The molecular formula is C18H13N5OS. The van der Waals surface area contributed by atoms with Crippen LogP contribution in [-0.2, 0) is 6.54 Å². The van der Waals surface area contributed by atoms with E-state index >= 15 is 0 Å². The lowest BCUT2D eigenvalue weighted by molar-refractivity contribution is 0.575. The third-order valence-corrected chi connectivity index (χ3v) is 4.80. The molecule has 25 heavy (non-hydrogen) atoms. The van der Waals surface area contributed by atoms with Crippen LogP contribution in [0.15, 0.2) is 64.7 Å². The Labute approximate surface area is 146 Å². The number of fused-ring (bicyclic) bond motifs is 1. The third kappa shape index (κ3) is 2.54. The van der Waals surface area contributed by atoms with E-state index in [0.717, 1.165) is 16.7 Å². The van der Waals surface area contributed by atoms with Crippen LogP contribution in [0, 0.1) is 0 Å². The van der Waals surface area contributed by atoms with Crippen LogP contribution in [0.2, 0.25) is 0 Å². The highest BCUT2D eigenvalue weighted by Gasteiger charge is 2.15. The molecule has 0 aliphatic heterocycles. The number of nitrogens with one attached hydrogen (secondary N) is 1. The number of imidazole rings is 1. The summed E-state index contributed by atoms with van der Waals surface area (Å²) in [6.45, 7) is 0.708. The molecular weight excluding hydrogens is 334 g/mol. The van der Waals surface area contributed by atoms with Gasteiger partial charge in [0, 0.05) is 10.4 Å². The predicted octanol–water partition coefficient (Wildman–Crippen LogP) is 4.19. The summed E-state index contributed by atoms with van der Waals surface area (Å²) in [4.78, 5) is 13.7. The van der Waals surface area contributed by atoms with Gasteiger partial charge in [-0.2, -0.15) is 5.10 Å². The first-order chi connectivity index (χ1) is 12.4. The van der Waals surface area contributed by atoms with Gasteiger partial charge in [0.15, 0.2) is 11.5 Å². The van der Waals surface area contributed by atoms with Crippen LogP contribution >= 0.6 is 11.3 Å². The van der Waals surface area contributed by atoms with E-state index in [1.165, 1.54) is 4.88 Å². The van der Waals surface area contributed by atoms with Gasteiger partial charge in [-0.3, -0.25) is 0 Å². The first-order valence-corrected chi connectivity index (χ1v) is 8.70. The van der Waals surface area contributed by atoms with Gasteiger partial charge in [0.2, 0.25) is 5.89 Å². The van der Waals surface area contributed by atoms with Crippen molar-refractivity contribution in [3.05, 3.63) is 65.2 Å². The summed E-state index contributed by atoms with van der Waals surface area (Å²) in [6, 6.07) is 13.9. The van der Waals surface area contributed by atoms with Crippen molar-refractivity contribution in [2.24, 2.45) is 0 Å². The van der Waals surface area contributed by atoms with Crippen molar-refractivity contribution in [2.45, 2.75) is 6.54 Å². The molecule has 1 aromatic carbocycles. The summed E-state index contributed by atoms with van der Waals surface area (Å²) in [6.07, 6.45) is 3.41. The van der Waals surface area contributed by atoms with Gasteiger partial charge < -0.3 is 9.40 Å². The third-order valence-electron chi connectivity index (χ3n) is 3.94. The zero-order chi connectivity index (χ0) is 16.6. The van der Waals surface area contributed by atoms with Gasteiger partial charge in [0.1, 0.15) is 17.5 Å². The maximum Gasteiger partial charge on any atom is 0.226 e. The van der Waals surface area contributed by atoms with E-state index in [1.54, 1.807) is 23.8 Å². The van der Waals surface area contributed by atoms with E-state index in [9.17, 15) is 0 Å². The van der Waals surface area contributed by atoms with Crippen LogP contribution in [0.4, 0.5) is 0 Å². The molecule has 0 radical (unpaired) electrons. The summed E-state index contributed by atoms with van der Waals surface area (Å²) < 4.78 is 7.49. The fraction of sp³-hybridized carbons (Fsp3) is 0.0556. The highest BCUT2D eigenvalue weighted by molar-refractivity contribution is 7.09.